The Morgan fingerprint density at radius 1 is 1.31 bits per heavy atom. The highest BCUT2D eigenvalue weighted by molar-refractivity contribution is 5.56. The lowest BCUT2D eigenvalue weighted by atomic mass is 10.2. The maximum Gasteiger partial charge on any atom is 0.0748 e. The van der Waals surface area contributed by atoms with Crippen LogP contribution in [0.15, 0.2) is 18.2 Å². The molecule has 2 N–H and O–H groups in total. The van der Waals surface area contributed by atoms with Crippen molar-refractivity contribution < 1.29 is 4.84 Å². The highest BCUT2D eigenvalue weighted by atomic mass is 16.7. The summed E-state index contributed by atoms with van der Waals surface area (Å²) < 4.78 is 0. The third kappa shape index (κ3) is 3.42. The molecule has 0 aliphatic heterocycles. The van der Waals surface area contributed by atoms with Crippen LogP contribution in [0.3, 0.4) is 0 Å². The number of hydrogen-bond donors (Lipinski definition) is 1. The van der Waals surface area contributed by atoms with Gasteiger partial charge in [0.1, 0.15) is 0 Å². The van der Waals surface area contributed by atoms with Crippen LogP contribution < -0.4 is 10.8 Å². The third-order valence-electron chi connectivity index (χ3n) is 2.57. The second-order valence-corrected chi connectivity index (χ2v) is 3.92. The topological polar surface area (TPSA) is 38.5 Å². The zero-order valence-corrected chi connectivity index (χ0v) is 10.5. The molecule has 90 valence electrons. The fourth-order valence-electron chi connectivity index (χ4n) is 1.48. The van der Waals surface area contributed by atoms with Crippen LogP contribution in [0.5, 0.6) is 0 Å². The van der Waals surface area contributed by atoms with E-state index in [1.165, 1.54) is 0 Å². The van der Waals surface area contributed by atoms with Crippen molar-refractivity contribution in [3.63, 3.8) is 0 Å². The Morgan fingerprint density at radius 3 is 2.62 bits per heavy atom. The first-order valence-electron chi connectivity index (χ1n) is 5.95. The fraction of sp³-hybridized carbons (Fsp3) is 0.538. The second kappa shape index (κ2) is 6.38. The number of hydroxylamine groups is 1. The summed E-state index contributed by atoms with van der Waals surface area (Å²) in [5, 5.41) is 1.92. The predicted molar refractivity (Wildman–Crippen MR) is 69.5 cm³/mol. The van der Waals surface area contributed by atoms with Gasteiger partial charge in [0.05, 0.1) is 12.3 Å². The first-order chi connectivity index (χ1) is 7.69. The molecule has 0 radical (unpaired) electrons. The standard InChI is InChI=1S/C13H22N2O/c1-4-6-9-16-15(5-2)12-7-8-13(14)11(3)10-12/h7-8,10H,4-6,9,14H2,1-3H3. The van der Waals surface area contributed by atoms with Gasteiger partial charge in [0, 0.05) is 12.2 Å². The van der Waals surface area contributed by atoms with Crippen molar-refractivity contribution >= 4 is 11.4 Å². The minimum Gasteiger partial charge on any atom is -0.399 e. The van der Waals surface area contributed by atoms with E-state index in [9.17, 15) is 0 Å². The van der Waals surface area contributed by atoms with E-state index >= 15 is 0 Å². The van der Waals surface area contributed by atoms with Gasteiger partial charge in [-0.3, -0.25) is 9.90 Å². The van der Waals surface area contributed by atoms with Crippen molar-refractivity contribution in [1.29, 1.82) is 0 Å². The number of nitrogens with zero attached hydrogens (tertiary/aromatic N) is 1. The van der Waals surface area contributed by atoms with Gasteiger partial charge in [-0.2, -0.15) is 0 Å². The van der Waals surface area contributed by atoms with Gasteiger partial charge in [0.25, 0.3) is 0 Å². The Morgan fingerprint density at radius 2 is 2.06 bits per heavy atom. The first kappa shape index (κ1) is 12.8. The van der Waals surface area contributed by atoms with Crippen LogP contribution in [0.25, 0.3) is 0 Å². The quantitative estimate of drug-likeness (QED) is 0.456. The Bertz CT molecular complexity index is 326. The molecule has 0 aliphatic rings. The summed E-state index contributed by atoms with van der Waals surface area (Å²) in [7, 11) is 0. The molecule has 0 aromatic heterocycles. The van der Waals surface area contributed by atoms with Gasteiger partial charge in [-0.15, -0.1) is 0 Å². The van der Waals surface area contributed by atoms with Crippen LogP contribution in [0.1, 0.15) is 32.3 Å². The SMILES string of the molecule is CCCCON(CC)c1ccc(N)c(C)c1. The number of benzene rings is 1. The summed E-state index contributed by atoms with van der Waals surface area (Å²) in [6.07, 6.45) is 2.24. The van der Waals surface area contributed by atoms with E-state index in [2.05, 4.69) is 19.9 Å². The van der Waals surface area contributed by atoms with Crippen molar-refractivity contribution in [2.24, 2.45) is 0 Å². The minimum absolute atomic E-state index is 0.772. The van der Waals surface area contributed by atoms with Crippen molar-refractivity contribution in [3.05, 3.63) is 23.8 Å². The second-order valence-electron chi connectivity index (χ2n) is 3.92. The lowest BCUT2D eigenvalue weighted by Gasteiger charge is -2.22. The van der Waals surface area contributed by atoms with Gasteiger partial charge in [-0.1, -0.05) is 13.3 Å². The maximum absolute atomic E-state index is 5.79. The average Bonchev–Trinajstić information content (AvgIpc) is 2.29. The molecule has 0 saturated heterocycles. The molecule has 0 atom stereocenters. The summed E-state index contributed by atoms with van der Waals surface area (Å²) in [5.74, 6) is 0. The summed E-state index contributed by atoms with van der Waals surface area (Å²) >= 11 is 0. The molecule has 0 amide bonds. The molecule has 0 heterocycles. The maximum atomic E-state index is 5.79. The van der Waals surface area contributed by atoms with Gasteiger partial charge in [-0.25, -0.2) is 0 Å². The lowest BCUT2D eigenvalue weighted by molar-refractivity contribution is 0.108. The fourth-order valence-corrected chi connectivity index (χ4v) is 1.48. The highest BCUT2D eigenvalue weighted by Crippen LogP contribution is 2.20. The number of hydrogen-bond acceptors (Lipinski definition) is 3. The molecule has 0 bridgehead atoms. The van der Waals surface area contributed by atoms with Crippen LogP contribution in [-0.4, -0.2) is 13.2 Å². The monoisotopic (exact) mass is 222 g/mol. The molecule has 0 saturated carbocycles. The number of rotatable bonds is 6. The minimum atomic E-state index is 0.772. The van der Waals surface area contributed by atoms with Gasteiger partial charge < -0.3 is 5.73 Å². The van der Waals surface area contributed by atoms with Gasteiger partial charge >= 0.3 is 0 Å². The normalized spacial score (nSPS) is 10.4. The van der Waals surface area contributed by atoms with E-state index in [1.54, 1.807) is 0 Å². The number of anilines is 2. The number of nitrogens with two attached hydrogens (primary N) is 1. The Hall–Kier alpha value is -1.22. The Labute approximate surface area is 98.2 Å². The Kier molecular flexibility index (Phi) is 5.12. The molecule has 3 heteroatoms. The van der Waals surface area contributed by atoms with Gasteiger partial charge in [-0.05, 0) is 44.0 Å². The molecule has 1 rings (SSSR count). The Balaban J connectivity index is 2.67. The lowest BCUT2D eigenvalue weighted by Crippen LogP contribution is -2.23. The van der Waals surface area contributed by atoms with Crippen LogP contribution in [-0.2, 0) is 4.84 Å². The number of unbranched alkanes of at least 4 members (excludes halogenated alkanes) is 1. The molecular formula is C13H22N2O. The number of nitrogen functional groups attached to an aromatic ring is 1. The van der Waals surface area contributed by atoms with Crippen molar-refractivity contribution in [1.82, 2.24) is 0 Å². The molecule has 3 nitrogen and oxygen atoms in total. The van der Waals surface area contributed by atoms with Gasteiger partial charge in [0.15, 0.2) is 0 Å². The summed E-state index contributed by atoms with van der Waals surface area (Å²) in [6, 6.07) is 5.99. The first-order valence-corrected chi connectivity index (χ1v) is 5.95. The summed E-state index contributed by atoms with van der Waals surface area (Å²) in [6.45, 7) is 7.87. The molecule has 16 heavy (non-hydrogen) atoms. The molecule has 1 aromatic rings. The zero-order chi connectivity index (χ0) is 12.0. The molecule has 0 aliphatic carbocycles. The highest BCUT2D eigenvalue weighted by Gasteiger charge is 2.05. The third-order valence-corrected chi connectivity index (χ3v) is 2.57. The van der Waals surface area contributed by atoms with E-state index in [0.717, 1.165) is 42.9 Å². The van der Waals surface area contributed by atoms with Crippen LogP contribution >= 0.6 is 0 Å². The van der Waals surface area contributed by atoms with Crippen molar-refractivity contribution in [3.8, 4) is 0 Å². The molecule has 0 fully saturated rings. The van der Waals surface area contributed by atoms with Crippen LogP contribution in [0.4, 0.5) is 11.4 Å². The molecule has 1 aromatic carbocycles. The zero-order valence-electron chi connectivity index (χ0n) is 10.5. The van der Waals surface area contributed by atoms with E-state index in [0.29, 0.717) is 0 Å². The van der Waals surface area contributed by atoms with Gasteiger partial charge in [0.2, 0.25) is 0 Å². The molecular weight excluding hydrogens is 200 g/mol. The summed E-state index contributed by atoms with van der Waals surface area (Å²) in [5.41, 5.74) is 8.79. The summed E-state index contributed by atoms with van der Waals surface area (Å²) in [4.78, 5) is 5.71. The van der Waals surface area contributed by atoms with E-state index in [-0.39, 0.29) is 0 Å². The molecule has 0 unspecified atom stereocenters. The van der Waals surface area contributed by atoms with E-state index < -0.39 is 0 Å². The smallest absolute Gasteiger partial charge is 0.0748 e. The van der Waals surface area contributed by atoms with E-state index in [1.807, 2.05) is 24.1 Å². The number of aryl methyl sites for hydroxylation is 1. The average molecular weight is 222 g/mol. The van der Waals surface area contributed by atoms with Crippen LogP contribution in [0, 0.1) is 6.92 Å². The largest absolute Gasteiger partial charge is 0.399 e. The predicted octanol–water partition coefficient (Wildman–Crippen LogP) is 3.14. The van der Waals surface area contributed by atoms with E-state index in [4.69, 9.17) is 10.6 Å². The van der Waals surface area contributed by atoms with Crippen LogP contribution in [0.2, 0.25) is 0 Å². The van der Waals surface area contributed by atoms with Crippen molar-refractivity contribution in [2.45, 2.75) is 33.6 Å². The van der Waals surface area contributed by atoms with Crippen molar-refractivity contribution in [2.75, 3.05) is 23.9 Å². The molecule has 0 spiro atoms.